The Bertz CT molecular complexity index is 567. The normalized spacial score (nSPS) is 12.8. The first-order chi connectivity index (χ1) is 9.60. The van der Waals surface area contributed by atoms with Crippen LogP contribution in [0.15, 0.2) is 12.4 Å². The van der Waals surface area contributed by atoms with Gasteiger partial charge in [0.25, 0.3) is 0 Å². The van der Waals surface area contributed by atoms with Crippen molar-refractivity contribution >= 4 is 0 Å². The summed E-state index contributed by atoms with van der Waals surface area (Å²) in [6.45, 7) is 7.20. The average molecular weight is 275 g/mol. The Morgan fingerprint density at radius 2 is 2.00 bits per heavy atom. The monoisotopic (exact) mass is 275 g/mol. The van der Waals surface area contributed by atoms with Gasteiger partial charge in [-0.1, -0.05) is 20.8 Å². The molecule has 0 aliphatic heterocycles. The molecule has 0 radical (unpaired) electrons. The van der Waals surface area contributed by atoms with Crippen molar-refractivity contribution in [1.29, 1.82) is 0 Å². The number of hydrogen-bond acceptors (Lipinski definition) is 3. The Morgan fingerprint density at radius 1 is 1.25 bits per heavy atom. The summed E-state index contributed by atoms with van der Waals surface area (Å²) in [5.41, 5.74) is 11.1. The predicted octanol–water partition coefficient (Wildman–Crippen LogP) is 2.20. The molecule has 2 aromatic rings. The molecular weight excluding hydrogens is 250 g/mol. The highest BCUT2D eigenvalue weighted by atomic mass is 15.3. The molecule has 110 valence electrons. The molecule has 5 heteroatoms. The van der Waals surface area contributed by atoms with E-state index >= 15 is 0 Å². The van der Waals surface area contributed by atoms with E-state index in [0.717, 1.165) is 31.5 Å². The van der Waals surface area contributed by atoms with E-state index in [1.54, 1.807) is 0 Å². The zero-order chi connectivity index (χ0) is 14.7. The summed E-state index contributed by atoms with van der Waals surface area (Å²) in [7, 11) is 1.93. The number of nitrogens with two attached hydrogens (primary N) is 1. The molecule has 5 nitrogen and oxygen atoms in total. The summed E-state index contributed by atoms with van der Waals surface area (Å²) in [6.07, 6.45) is 6.75. The highest BCUT2D eigenvalue weighted by molar-refractivity contribution is 5.30. The van der Waals surface area contributed by atoms with E-state index in [4.69, 9.17) is 10.8 Å². The Balaban J connectivity index is 2.40. The maximum Gasteiger partial charge on any atom is 0.0693 e. The highest BCUT2D eigenvalue weighted by Crippen LogP contribution is 2.25. The van der Waals surface area contributed by atoms with Crippen molar-refractivity contribution in [3.63, 3.8) is 0 Å². The van der Waals surface area contributed by atoms with E-state index in [-0.39, 0.29) is 6.04 Å². The molecule has 0 fully saturated rings. The number of rotatable bonds is 6. The Kier molecular flexibility index (Phi) is 4.60. The third kappa shape index (κ3) is 2.77. The van der Waals surface area contributed by atoms with Crippen molar-refractivity contribution in [1.82, 2.24) is 19.6 Å². The van der Waals surface area contributed by atoms with Crippen LogP contribution in [0, 0.1) is 0 Å². The van der Waals surface area contributed by atoms with Gasteiger partial charge < -0.3 is 5.73 Å². The van der Waals surface area contributed by atoms with Crippen LogP contribution in [-0.4, -0.2) is 19.6 Å². The number of aryl methyl sites for hydroxylation is 2. The maximum atomic E-state index is 6.29. The average Bonchev–Trinajstić information content (AvgIpc) is 3.01. The molecule has 2 N–H and O–H groups in total. The van der Waals surface area contributed by atoms with Gasteiger partial charge in [-0.15, -0.1) is 0 Å². The van der Waals surface area contributed by atoms with E-state index < -0.39 is 0 Å². The van der Waals surface area contributed by atoms with Gasteiger partial charge >= 0.3 is 0 Å². The molecular formula is C15H25N5. The van der Waals surface area contributed by atoms with E-state index in [1.807, 2.05) is 24.1 Å². The Morgan fingerprint density at radius 3 is 2.50 bits per heavy atom. The summed E-state index contributed by atoms with van der Waals surface area (Å²) in [5.74, 6) is 0. The second-order valence-electron chi connectivity index (χ2n) is 5.21. The molecule has 0 aliphatic carbocycles. The van der Waals surface area contributed by atoms with Crippen molar-refractivity contribution in [2.24, 2.45) is 12.8 Å². The molecule has 0 aromatic carbocycles. The van der Waals surface area contributed by atoms with Crippen molar-refractivity contribution in [3.8, 4) is 0 Å². The molecule has 1 atom stereocenters. The first-order valence-corrected chi connectivity index (χ1v) is 7.42. The largest absolute Gasteiger partial charge is 0.324 e. The lowest BCUT2D eigenvalue weighted by atomic mass is 10.00. The van der Waals surface area contributed by atoms with Crippen LogP contribution in [0.1, 0.15) is 55.7 Å². The quantitative estimate of drug-likeness (QED) is 0.879. The van der Waals surface area contributed by atoms with Gasteiger partial charge in [-0.2, -0.15) is 10.2 Å². The van der Waals surface area contributed by atoms with Gasteiger partial charge in [0, 0.05) is 36.1 Å². The van der Waals surface area contributed by atoms with E-state index in [9.17, 15) is 0 Å². The van der Waals surface area contributed by atoms with E-state index in [2.05, 4.69) is 30.6 Å². The van der Waals surface area contributed by atoms with Crippen molar-refractivity contribution < 1.29 is 0 Å². The third-order valence-corrected chi connectivity index (χ3v) is 3.75. The lowest BCUT2D eigenvalue weighted by Crippen LogP contribution is -2.13. The van der Waals surface area contributed by atoms with Gasteiger partial charge in [0.05, 0.1) is 18.4 Å². The fourth-order valence-electron chi connectivity index (χ4n) is 2.69. The van der Waals surface area contributed by atoms with Crippen LogP contribution in [0.4, 0.5) is 0 Å². The zero-order valence-corrected chi connectivity index (χ0v) is 12.9. The van der Waals surface area contributed by atoms with Gasteiger partial charge in [0.1, 0.15) is 0 Å². The highest BCUT2D eigenvalue weighted by Gasteiger charge is 2.20. The van der Waals surface area contributed by atoms with Gasteiger partial charge in [0.15, 0.2) is 0 Å². The standard InChI is InChI=1S/C15H25N5/c1-5-12(16)15-13(6-2)18-20(14(15)7-3)10-11-8-17-19(4)9-11/h8-9,12H,5-7,10,16H2,1-4H3. The Hall–Kier alpha value is -1.62. The fraction of sp³-hybridized carbons (Fsp3) is 0.600. The summed E-state index contributed by atoms with van der Waals surface area (Å²) in [4.78, 5) is 0. The molecule has 0 saturated heterocycles. The maximum absolute atomic E-state index is 6.29. The number of aromatic nitrogens is 4. The zero-order valence-electron chi connectivity index (χ0n) is 12.9. The molecule has 0 saturated carbocycles. The van der Waals surface area contributed by atoms with Crippen molar-refractivity contribution in [3.05, 3.63) is 34.9 Å². The molecule has 2 heterocycles. The van der Waals surface area contributed by atoms with Crippen LogP contribution in [0.5, 0.6) is 0 Å². The van der Waals surface area contributed by atoms with E-state index in [1.165, 1.54) is 16.8 Å². The van der Waals surface area contributed by atoms with Gasteiger partial charge in [0.2, 0.25) is 0 Å². The second-order valence-corrected chi connectivity index (χ2v) is 5.21. The fourth-order valence-corrected chi connectivity index (χ4v) is 2.69. The molecule has 0 amide bonds. The van der Waals surface area contributed by atoms with Gasteiger partial charge in [-0.3, -0.25) is 9.36 Å². The smallest absolute Gasteiger partial charge is 0.0693 e. The second kappa shape index (κ2) is 6.22. The first kappa shape index (κ1) is 14.8. The summed E-state index contributed by atoms with van der Waals surface area (Å²) < 4.78 is 3.92. The van der Waals surface area contributed by atoms with Crippen LogP contribution < -0.4 is 5.73 Å². The van der Waals surface area contributed by atoms with Crippen molar-refractivity contribution in [2.75, 3.05) is 0 Å². The minimum absolute atomic E-state index is 0.0857. The molecule has 0 bridgehead atoms. The Labute approximate surface area is 120 Å². The number of nitrogens with zero attached hydrogens (tertiary/aromatic N) is 4. The van der Waals surface area contributed by atoms with Crippen LogP contribution in [0.3, 0.4) is 0 Å². The first-order valence-electron chi connectivity index (χ1n) is 7.42. The predicted molar refractivity (Wildman–Crippen MR) is 80.5 cm³/mol. The molecule has 2 aromatic heterocycles. The molecule has 2 rings (SSSR count). The van der Waals surface area contributed by atoms with E-state index in [0.29, 0.717) is 0 Å². The summed E-state index contributed by atoms with van der Waals surface area (Å²) in [5, 5.41) is 8.99. The van der Waals surface area contributed by atoms with Crippen LogP contribution in [0.25, 0.3) is 0 Å². The number of hydrogen-bond donors (Lipinski definition) is 1. The molecule has 0 spiro atoms. The van der Waals surface area contributed by atoms with Crippen molar-refractivity contribution in [2.45, 2.75) is 52.6 Å². The molecule has 0 aliphatic rings. The van der Waals surface area contributed by atoms with Crippen LogP contribution >= 0.6 is 0 Å². The summed E-state index contributed by atoms with van der Waals surface area (Å²) in [6, 6.07) is 0.0857. The van der Waals surface area contributed by atoms with Crippen LogP contribution in [-0.2, 0) is 26.4 Å². The SMILES string of the molecule is CCc1nn(Cc2cnn(C)c2)c(CC)c1C(N)CC. The van der Waals surface area contributed by atoms with Gasteiger partial charge in [-0.25, -0.2) is 0 Å². The lowest BCUT2D eigenvalue weighted by Gasteiger charge is -2.12. The van der Waals surface area contributed by atoms with Gasteiger partial charge in [-0.05, 0) is 19.3 Å². The third-order valence-electron chi connectivity index (χ3n) is 3.75. The van der Waals surface area contributed by atoms with Crippen LogP contribution in [0.2, 0.25) is 0 Å². The minimum Gasteiger partial charge on any atom is -0.324 e. The lowest BCUT2D eigenvalue weighted by molar-refractivity contribution is 0.632. The minimum atomic E-state index is 0.0857. The molecule has 1 unspecified atom stereocenters. The summed E-state index contributed by atoms with van der Waals surface area (Å²) >= 11 is 0. The molecule has 20 heavy (non-hydrogen) atoms. The topological polar surface area (TPSA) is 61.7 Å².